The normalized spacial score (nSPS) is 14.9. The van der Waals surface area contributed by atoms with E-state index in [1.807, 2.05) is 6.92 Å². The molecule has 0 amide bonds. The molecule has 0 radical (unpaired) electrons. The van der Waals surface area contributed by atoms with E-state index in [1.54, 1.807) is 0 Å². The molecule has 3 N–H and O–H groups in total. The summed E-state index contributed by atoms with van der Waals surface area (Å²) in [6, 6.07) is 0. The average molecular weight is 222 g/mol. The molecule has 0 saturated heterocycles. The van der Waals surface area contributed by atoms with E-state index in [0.29, 0.717) is 24.2 Å². The van der Waals surface area contributed by atoms with Crippen LogP contribution in [0.2, 0.25) is 0 Å². The number of nitrogens with one attached hydrogen (secondary N) is 1. The highest BCUT2D eigenvalue weighted by atomic mass is 16.5. The van der Waals surface area contributed by atoms with Gasteiger partial charge in [-0.25, -0.2) is 10.8 Å². The van der Waals surface area contributed by atoms with Crippen molar-refractivity contribution in [3.63, 3.8) is 0 Å². The van der Waals surface area contributed by atoms with Crippen LogP contribution in [0.3, 0.4) is 0 Å². The van der Waals surface area contributed by atoms with Crippen LogP contribution in [0, 0.1) is 6.92 Å². The number of anilines is 1. The number of hydrogen-bond acceptors (Lipinski definition) is 5. The summed E-state index contributed by atoms with van der Waals surface area (Å²) < 4.78 is 5.60. The first-order valence-electron chi connectivity index (χ1n) is 5.74. The molecule has 2 rings (SSSR count). The van der Waals surface area contributed by atoms with Crippen molar-refractivity contribution < 1.29 is 4.74 Å². The molecule has 5 nitrogen and oxygen atoms in total. The first-order chi connectivity index (χ1) is 7.76. The van der Waals surface area contributed by atoms with Gasteiger partial charge in [0, 0.05) is 5.92 Å². The molecule has 0 aliphatic heterocycles. The largest absolute Gasteiger partial charge is 0.477 e. The lowest BCUT2D eigenvalue weighted by Crippen LogP contribution is -2.13. The summed E-state index contributed by atoms with van der Waals surface area (Å²) in [5.74, 6) is 8.12. The summed E-state index contributed by atoms with van der Waals surface area (Å²) in [5, 5.41) is 0. The van der Waals surface area contributed by atoms with E-state index in [-0.39, 0.29) is 0 Å². The van der Waals surface area contributed by atoms with E-state index in [4.69, 9.17) is 10.6 Å². The van der Waals surface area contributed by atoms with E-state index < -0.39 is 0 Å². The first-order valence-corrected chi connectivity index (χ1v) is 5.74. The molecule has 0 aromatic carbocycles. The van der Waals surface area contributed by atoms with Crippen molar-refractivity contribution in [2.24, 2.45) is 5.84 Å². The van der Waals surface area contributed by atoms with Crippen LogP contribution in [-0.4, -0.2) is 16.6 Å². The molecule has 1 saturated carbocycles. The Bertz CT molecular complexity index is 376. The van der Waals surface area contributed by atoms with Gasteiger partial charge in [0.25, 0.3) is 0 Å². The Morgan fingerprint density at radius 2 is 2.19 bits per heavy atom. The van der Waals surface area contributed by atoms with Gasteiger partial charge in [-0.15, -0.1) is 0 Å². The van der Waals surface area contributed by atoms with Gasteiger partial charge in [0.2, 0.25) is 5.88 Å². The minimum atomic E-state index is 0.497. The maximum Gasteiger partial charge on any atom is 0.221 e. The number of ether oxygens (including phenoxy) is 1. The number of hydrazine groups is 1. The van der Waals surface area contributed by atoms with Gasteiger partial charge in [0.1, 0.15) is 11.6 Å². The summed E-state index contributed by atoms with van der Waals surface area (Å²) in [4.78, 5) is 8.85. The lowest BCUT2D eigenvalue weighted by atomic mass is 10.3. The molecule has 1 aliphatic rings. The van der Waals surface area contributed by atoms with E-state index in [0.717, 1.165) is 17.8 Å². The maximum atomic E-state index is 5.60. The molecule has 88 valence electrons. The summed E-state index contributed by atoms with van der Waals surface area (Å²) in [6.07, 6.45) is 3.30. The van der Waals surface area contributed by atoms with Crippen molar-refractivity contribution >= 4 is 5.82 Å². The van der Waals surface area contributed by atoms with Crippen molar-refractivity contribution in [1.82, 2.24) is 9.97 Å². The fourth-order valence-electron chi connectivity index (χ4n) is 1.52. The van der Waals surface area contributed by atoms with E-state index >= 15 is 0 Å². The zero-order valence-electron chi connectivity index (χ0n) is 9.79. The Morgan fingerprint density at radius 1 is 1.44 bits per heavy atom. The highest BCUT2D eigenvalue weighted by Gasteiger charge is 2.28. The summed E-state index contributed by atoms with van der Waals surface area (Å²) in [5.41, 5.74) is 3.48. The number of rotatable bonds is 5. The minimum Gasteiger partial charge on any atom is -0.477 e. The molecule has 1 aromatic heterocycles. The van der Waals surface area contributed by atoms with Gasteiger partial charge >= 0.3 is 0 Å². The van der Waals surface area contributed by atoms with Gasteiger partial charge in [-0.1, -0.05) is 6.92 Å². The maximum absolute atomic E-state index is 5.60. The Morgan fingerprint density at radius 3 is 2.75 bits per heavy atom. The fraction of sp³-hybridized carbons (Fsp3) is 0.636. The number of aromatic nitrogens is 2. The average Bonchev–Trinajstić information content (AvgIpc) is 3.11. The van der Waals surface area contributed by atoms with Gasteiger partial charge in [0.15, 0.2) is 0 Å². The summed E-state index contributed by atoms with van der Waals surface area (Å²) in [6.45, 7) is 4.66. The molecule has 0 atom stereocenters. The Kier molecular flexibility index (Phi) is 3.24. The van der Waals surface area contributed by atoms with Gasteiger partial charge in [-0.2, -0.15) is 4.98 Å². The quantitative estimate of drug-likeness (QED) is 0.586. The van der Waals surface area contributed by atoms with Crippen LogP contribution in [0.25, 0.3) is 0 Å². The molecule has 1 fully saturated rings. The van der Waals surface area contributed by atoms with Gasteiger partial charge in [0.05, 0.1) is 12.2 Å². The predicted octanol–water partition coefficient (Wildman–Crippen LogP) is 1.74. The molecule has 1 heterocycles. The second kappa shape index (κ2) is 4.65. The third kappa shape index (κ3) is 2.24. The second-order valence-corrected chi connectivity index (χ2v) is 4.13. The highest BCUT2D eigenvalue weighted by molar-refractivity contribution is 5.48. The van der Waals surface area contributed by atoms with E-state index in [2.05, 4.69) is 22.3 Å². The van der Waals surface area contributed by atoms with Crippen molar-refractivity contribution in [2.75, 3.05) is 12.0 Å². The van der Waals surface area contributed by atoms with Crippen LogP contribution in [0.1, 0.15) is 43.5 Å². The zero-order chi connectivity index (χ0) is 11.5. The van der Waals surface area contributed by atoms with Gasteiger partial charge in [-0.05, 0) is 26.2 Å². The van der Waals surface area contributed by atoms with Crippen LogP contribution in [-0.2, 0) is 0 Å². The van der Waals surface area contributed by atoms with Crippen LogP contribution in [0.4, 0.5) is 5.82 Å². The molecule has 1 aromatic rings. The lowest BCUT2D eigenvalue weighted by Gasteiger charge is -2.12. The summed E-state index contributed by atoms with van der Waals surface area (Å²) in [7, 11) is 0. The number of nitrogen functional groups attached to an aromatic ring is 1. The Labute approximate surface area is 95.4 Å². The predicted molar refractivity (Wildman–Crippen MR) is 62.3 cm³/mol. The molecule has 0 unspecified atom stereocenters. The standard InChI is InChI=1S/C11H18N4O/c1-3-6-16-11-7(2)9(15-12)13-10(14-11)8-4-5-8/h8H,3-6,12H2,1-2H3,(H,13,14,15). The van der Waals surface area contributed by atoms with Crippen LogP contribution < -0.4 is 16.0 Å². The molecular weight excluding hydrogens is 204 g/mol. The monoisotopic (exact) mass is 222 g/mol. The van der Waals surface area contributed by atoms with Crippen LogP contribution in [0.5, 0.6) is 5.88 Å². The van der Waals surface area contributed by atoms with E-state index in [1.165, 1.54) is 12.8 Å². The first kappa shape index (κ1) is 11.1. The highest BCUT2D eigenvalue weighted by Crippen LogP contribution is 2.39. The van der Waals surface area contributed by atoms with Gasteiger partial charge < -0.3 is 10.2 Å². The smallest absolute Gasteiger partial charge is 0.221 e. The zero-order valence-corrected chi connectivity index (χ0v) is 9.79. The molecular formula is C11H18N4O. The third-order valence-electron chi connectivity index (χ3n) is 2.64. The second-order valence-electron chi connectivity index (χ2n) is 4.13. The topological polar surface area (TPSA) is 73.1 Å². The number of hydrogen-bond donors (Lipinski definition) is 2. The molecule has 0 bridgehead atoms. The van der Waals surface area contributed by atoms with Crippen molar-refractivity contribution in [3.8, 4) is 5.88 Å². The third-order valence-corrected chi connectivity index (χ3v) is 2.64. The molecule has 0 spiro atoms. The SMILES string of the molecule is CCCOc1nc(C2CC2)nc(NN)c1C. The van der Waals surface area contributed by atoms with Crippen LogP contribution in [0.15, 0.2) is 0 Å². The van der Waals surface area contributed by atoms with Crippen molar-refractivity contribution in [2.45, 2.75) is 39.0 Å². The van der Waals surface area contributed by atoms with E-state index in [9.17, 15) is 0 Å². The molecule has 1 aliphatic carbocycles. The summed E-state index contributed by atoms with van der Waals surface area (Å²) >= 11 is 0. The van der Waals surface area contributed by atoms with Gasteiger partial charge in [-0.3, -0.25) is 0 Å². The lowest BCUT2D eigenvalue weighted by molar-refractivity contribution is 0.301. The van der Waals surface area contributed by atoms with Crippen molar-refractivity contribution in [1.29, 1.82) is 0 Å². The Hall–Kier alpha value is -1.36. The van der Waals surface area contributed by atoms with Crippen molar-refractivity contribution in [3.05, 3.63) is 11.4 Å². The number of nitrogens with two attached hydrogens (primary N) is 1. The Balaban J connectivity index is 2.28. The molecule has 16 heavy (non-hydrogen) atoms. The fourth-order valence-corrected chi connectivity index (χ4v) is 1.52. The van der Waals surface area contributed by atoms with Crippen LogP contribution >= 0.6 is 0 Å². The number of nitrogens with zero attached hydrogens (tertiary/aromatic N) is 2. The molecule has 5 heteroatoms. The minimum absolute atomic E-state index is 0.497.